The number of aliphatic hydroxyl groups excluding tert-OH is 1. The number of carbonyl (C=O) groups excluding carboxylic acids is 1. The predicted octanol–water partition coefficient (Wildman–Crippen LogP) is 3.10. The lowest BCUT2D eigenvalue weighted by atomic mass is 10.0. The molecule has 0 atom stereocenters. The summed E-state index contributed by atoms with van der Waals surface area (Å²) in [5.74, 6) is 0.251. The average molecular weight is 228 g/mol. The molecule has 0 saturated heterocycles. The van der Waals surface area contributed by atoms with Gasteiger partial charge in [0.15, 0.2) is 5.78 Å². The van der Waals surface area contributed by atoms with E-state index in [1.54, 1.807) is 6.07 Å². The van der Waals surface area contributed by atoms with Crippen LogP contribution < -0.4 is 4.74 Å². The molecule has 3 nitrogen and oxygen atoms in total. The smallest absolute Gasteiger partial charge is 0.192 e. The number of ketones is 1. The second-order valence-corrected chi connectivity index (χ2v) is 3.55. The van der Waals surface area contributed by atoms with Gasteiger partial charge in [-0.15, -0.1) is 0 Å². The summed E-state index contributed by atoms with van der Waals surface area (Å²) in [5, 5.41) is 10.5. The number of rotatable bonds is 3. The van der Waals surface area contributed by atoms with Gasteiger partial charge in [-0.1, -0.05) is 30.3 Å². The lowest BCUT2D eigenvalue weighted by Gasteiger charge is -2.09. The molecule has 1 N–H and O–H groups in total. The summed E-state index contributed by atoms with van der Waals surface area (Å²) in [7, 11) is 1.53. The third-order valence-corrected chi connectivity index (χ3v) is 2.58. The Morgan fingerprint density at radius 2 is 2.00 bits per heavy atom. The largest absolute Gasteiger partial charge is 0.515 e. The van der Waals surface area contributed by atoms with Crippen molar-refractivity contribution in [2.75, 3.05) is 7.11 Å². The van der Waals surface area contributed by atoms with E-state index in [9.17, 15) is 4.79 Å². The molecule has 2 aromatic rings. The van der Waals surface area contributed by atoms with Crippen molar-refractivity contribution in [2.24, 2.45) is 0 Å². The third kappa shape index (κ3) is 1.99. The molecule has 0 fully saturated rings. The Morgan fingerprint density at radius 3 is 2.71 bits per heavy atom. The van der Waals surface area contributed by atoms with Crippen LogP contribution in [0.3, 0.4) is 0 Å². The number of aliphatic hydroxyl groups is 1. The fraction of sp³-hybridized carbons (Fsp3) is 0.0714. The van der Waals surface area contributed by atoms with Crippen LogP contribution in [0.5, 0.6) is 5.75 Å². The highest BCUT2D eigenvalue weighted by Gasteiger charge is 2.12. The summed E-state index contributed by atoms with van der Waals surface area (Å²) in [6, 6.07) is 11.2. The molecule has 0 heterocycles. The van der Waals surface area contributed by atoms with Crippen molar-refractivity contribution in [3.05, 3.63) is 54.3 Å². The molecule has 0 unspecified atom stereocenters. The number of hydrogen-bond donors (Lipinski definition) is 1. The van der Waals surface area contributed by atoms with Gasteiger partial charge in [-0.3, -0.25) is 4.79 Å². The topological polar surface area (TPSA) is 46.5 Å². The van der Waals surface area contributed by atoms with Crippen LogP contribution in [0.15, 0.2) is 48.7 Å². The van der Waals surface area contributed by atoms with Crippen molar-refractivity contribution in [1.82, 2.24) is 0 Å². The second-order valence-electron chi connectivity index (χ2n) is 3.55. The lowest BCUT2D eigenvalue weighted by Crippen LogP contribution is -1.99. The van der Waals surface area contributed by atoms with Gasteiger partial charge in [0, 0.05) is 11.5 Å². The standard InChI is InChI=1S/C14H12O3/c1-17-14-11-5-3-2-4-10(11)6-7-12(14)13(16)8-9-15/h2-9,15H,1H3/b9-8+. The first-order valence-corrected chi connectivity index (χ1v) is 5.18. The quantitative estimate of drug-likeness (QED) is 0.499. The van der Waals surface area contributed by atoms with Crippen molar-refractivity contribution in [2.45, 2.75) is 0 Å². The number of methoxy groups -OCH3 is 1. The third-order valence-electron chi connectivity index (χ3n) is 2.58. The van der Waals surface area contributed by atoms with Crippen LogP contribution in [0, 0.1) is 0 Å². The summed E-state index contributed by atoms with van der Waals surface area (Å²) in [5.41, 5.74) is 0.441. The minimum atomic E-state index is -0.282. The van der Waals surface area contributed by atoms with Crippen LogP contribution in [0.25, 0.3) is 10.8 Å². The number of fused-ring (bicyclic) bond motifs is 1. The predicted molar refractivity (Wildman–Crippen MR) is 66.6 cm³/mol. The maximum Gasteiger partial charge on any atom is 0.192 e. The number of allylic oxidation sites excluding steroid dienone is 1. The van der Waals surface area contributed by atoms with Gasteiger partial charge in [-0.05, 0) is 11.5 Å². The first kappa shape index (κ1) is 11.2. The first-order valence-electron chi connectivity index (χ1n) is 5.18. The van der Waals surface area contributed by atoms with Crippen LogP contribution in [0.1, 0.15) is 10.4 Å². The van der Waals surface area contributed by atoms with Gasteiger partial charge < -0.3 is 9.84 Å². The van der Waals surface area contributed by atoms with Gasteiger partial charge in [-0.2, -0.15) is 0 Å². The van der Waals surface area contributed by atoms with Crippen LogP contribution in [-0.4, -0.2) is 18.0 Å². The molecule has 0 bridgehead atoms. The highest BCUT2D eigenvalue weighted by Crippen LogP contribution is 2.30. The molecule has 0 saturated carbocycles. The van der Waals surface area contributed by atoms with Crippen LogP contribution >= 0.6 is 0 Å². The molecule has 0 aliphatic heterocycles. The fourth-order valence-corrected chi connectivity index (χ4v) is 1.81. The van der Waals surface area contributed by atoms with Gasteiger partial charge in [0.05, 0.1) is 18.9 Å². The van der Waals surface area contributed by atoms with Gasteiger partial charge in [0.1, 0.15) is 5.75 Å². The second kappa shape index (κ2) is 4.70. The van der Waals surface area contributed by atoms with E-state index in [1.807, 2.05) is 30.3 Å². The number of carbonyl (C=O) groups is 1. The SMILES string of the molecule is COc1c(C(=O)/C=C/O)ccc2ccccc12. The minimum Gasteiger partial charge on any atom is -0.515 e. The van der Waals surface area contributed by atoms with Gasteiger partial charge in [-0.25, -0.2) is 0 Å². The molecule has 0 aliphatic carbocycles. The van der Waals surface area contributed by atoms with Gasteiger partial charge in [0.25, 0.3) is 0 Å². The molecular formula is C14H12O3. The zero-order chi connectivity index (χ0) is 12.3. The van der Waals surface area contributed by atoms with E-state index in [2.05, 4.69) is 0 Å². The van der Waals surface area contributed by atoms with E-state index < -0.39 is 0 Å². The molecule has 0 aromatic heterocycles. The van der Waals surface area contributed by atoms with Crippen molar-refractivity contribution in [3.63, 3.8) is 0 Å². The molecule has 0 spiro atoms. The summed E-state index contributed by atoms with van der Waals surface area (Å²) >= 11 is 0. The zero-order valence-corrected chi connectivity index (χ0v) is 9.38. The normalized spacial score (nSPS) is 10.9. The Hall–Kier alpha value is -2.29. The maximum atomic E-state index is 11.7. The Bertz CT molecular complexity index is 585. The molecule has 0 aliphatic rings. The Labute approximate surface area is 99.0 Å². The fourth-order valence-electron chi connectivity index (χ4n) is 1.81. The molecule has 0 radical (unpaired) electrons. The van der Waals surface area contributed by atoms with Gasteiger partial charge in [0.2, 0.25) is 0 Å². The van der Waals surface area contributed by atoms with Crippen molar-refractivity contribution in [1.29, 1.82) is 0 Å². The first-order chi connectivity index (χ1) is 8.27. The molecular weight excluding hydrogens is 216 g/mol. The molecule has 2 aromatic carbocycles. The summed E-state index contributed by atoms with van der Waals surface area (Å²) < 4.78 is 5.29. The van der Waals surface area contributed by atoms with Crippen molar-refractivity contribution < 1.29 is 14.6 Å². The minimum absolute atomic E-state index is 0.282. The summed E-state index contributed by atoms with van der Waals surface area (Å²) in [6.07, 6.45) is 1.84. The Morgan fingerprint density at radius 1 is 1.24 bits per heavy atom. The molecule has 3 heteroatoms. The molecule has 2 rings (SSSR count). The van der Waals surface area contributed by atoms with E-state index >= 15 is 0 Å². The highest BCUT2D eigenvalue weighted by molar-refractivity contribution is 6.10. The van der Waals surface area contributed by atoms with E-state index in [4.69, 9.17) is 9.84 Å². The van der Waals surface area contributed by atoms with Crippen molar-refractivity contribution >= 4 is 16.6 Å². The van der Waals surface area contributed by atoms with E-state index in [1.165, 1.54) is 7.11 Å². The van der Waals surface area contributed by atoms with Crippen molar-refractivity contribution in [3.8, 4) is 5.75 Å². The summed E-state index contributed by atoms with van der Waals surface area (Å²) in [4.78, 5) is 11.7. The Kier molecular flexibility index (Phi) is 3.10. The monoisotopic (exact) mass is 228 g/mol. The molecule has 0 amide bonds. The van der Waals surface area contributed by atoms with Crippen LogP contribution in [-0.2, 0) is 0 Å². The molecule has 86 valence electrons. The number of ether oxygens (including phenoxy) is 1. The van der Waals surface area contributed by atoms with Crippen LogP contribution in [0.4, 0.5) is 0 Å². The maximum absolute atomic E-state index is 11.7. The number of hydrogen-bond acceptors (Lipinski definition) is 3. The average Bonchev–Trinajstić information content (AvgIpc) is 2.37. The van der Waals surface area contributed by atoms with E-state index in [0.29, 0.717) is 11.3 Å². The van der Waals surface area contributed by atoms with E-state index in [-0.39, 0.29) is 5.78 Å². The zero-order valence-electron chi connectivity index (χ0n) is 9.38. The molecule has 17 heavy (non-hydrogen) atoms. The van der Waals surface area contributed by atoms with E-state index in [0.717, 1.165) is 23.1 Å². The highest BCUT2D eigenvalue weighted by atomic mass is 16.5. The summed E-state index contributed by atoms with van der Waals surface area (Å²) in [6.45, 7) is 0. The van der Waals surface area contributed by atoms with Gasteiger partial charge >= 0.3 is 0 Å². The lowest BCUT2D eigenvalue weighted by molar-refractivity contribution is 0.104. The Balaban J connectivity index is 2.69. The van der Waals surface area contributed by atoms with Crippen LogP contribution in [0.2, 0.25) is 0 Å². The number of benzene rings is 2.